The molecular weight excluding hydrogens is 434 g/mol. The Hall–Kier alpha value is -4.01. The molecule has 0 bridgehead atoms. The summed E-state index contributed by atoms with van der Waals surface area (Å²) >= 11 is 0. The zero-order valence-corrected chi connectivity index (χ0v) is 19.6. The minimum Gasteiger partial charge on any atom is -0.494 e. The Labute approximate surface area is 198 Å². The van der Waals surface area contributed by atoms with Crippen LogP contribution in [0.5, 0.6) is 17.2 Å². The number of amides is 1. The fraction of sp³-hybridized carbons (Fsp3) is 0.320. The Morgan fingerprint density at radius 1 is 1.15 bits per heavy atom. The lowest BCUT2D eigenvalue weighted by Crippen LogP contribution is -2.36. The number of hydrogen-bond donors (Lipinski definition) is 2. The van der Waals surface area contributed by atoms with Gasteiger partial charge in [-0.1, -0.05) is 6.92 Å². The number of benzene rings is 2. The average Bonchev–Trinajstić information content (AvgIpc) is 3.44. The number of rotatable bonds is 8. The van der Waals surface area contributed by atoms with Crippen LogP contribution in [-0.4, -0.2) is 35.0 Å². The van der Waals surface area contributed by atoms with Crippen molar-refractivity contribution in [1.29, 1.82) is 0 Å². The molecule has 2 aromatic carbocycles. The van der Waals surface area contributed by atoms with Crippen molar-refractivity contribution in [1.82, 2.24) is 15.1 Å². The Bertz CT molecular complexity index is 1170. The monoisotopic (exact) mass is 463 g/mol. The summed E-state index contributed by atoms with van der Waals surface area (Å²) in [5.74, 6) is 1.96. The van der Waals surface area contributed by atoms with Crippen LogP contribution in [0.25, 0.3) is 0 Å². The molecule has 178 valence electrons. The fourth-order valence-corrected chi connectivity index (χ4v) is 3.49. The molecule has 0 spiro atoms. The van der Waals surface area contributed by atoms with Crippen molar-refractivity contribution in [2.75, 3.05) is 18.7 Å². The van der Waals surface area contributed by atoms with Crippen LogP contribution in [0, 0.1) is 6.92 Å². The number of guanidine groups is 1. The Morgan fingerprint density at radius 3 is 2.71 bits per heavy atom. The molecule has 9 nitrogen and oxygen atoms in total. The minimum absolute atomic E-state index is 0.150. The van der Waals surface area contributed by atoms with E-state index in [1.165, 1.54) is 0 Å². The molecule has 1 aliphatic rings. The van der Waals surface area contributed by atoms with Gasteiger partial charge in [-0.05, 0) is 62.7 Å². The molecule has 4 rings (SSSR count). The number of carbonyl (C=O) groups is 1. The molecule has 9 heteroatoms. The second-order valence-corrected chi connectivity index (χ2v) is 7.77. The van der Waals surface area contributed by atoms with Crippen LogP contribution in [0.1, 0.15) is 41.9 Å². The third-order valence-corrected chi connectivity index (χ3v) is 5.20. The normalized spacial score (nSPS) is 12.5. The van der Waals surface area contributed by atoms with E-state index < -0.39 is 0 Å². The third-order valence-electron chi connectivity index (χ3n) is 5.20. The number of anilines is 1. The summed E-state index contributed by atoms with van der Waals surface area (Å²) in [6.07, 6.45) is 3.00. The lowest BCUT2D eigenvalue weighted by Gasteiger charge is -2.13. The molecule has 0 atom stereocenters. The standard InChI is InChI=1S/C25H29N5O4/c1-4-12-30-15-19(17(3)29-30)14-26-25(27-20-7-9-21(10-8-20)32-5-2)28-24(31)18-6-11-22-23(13-18)34-16-33-22/h6-11,13,15H,4-5,12,14,16H2,1-3H3,(H2,26,27,28,31). The largest absolute Gasteiger partial charge is 0.494 e. The van der Waals surface area contributed by atoms with Crippen LogP contribution in [-0.2, 0) is 13.1 Å². The minimum atomic E-state index is -0.311. The van der Waals surface area contributed by atoms with Gasteiger partial charge in [-0.25, -0.2) is 4.99 Å². The molecule has 3 aromatic rings. The van der Waals surface area contributed by atoms with Crippen LogP contribution in [0.2, 0.25) is 0 Å². The molecule has 0 unspecified atom stereocenters. The molecule has 2 heterocycles. The third kappa shape index (κ3) is 5.67. The van der Waals surface area contributed by atoms with Gasteiger partial charge in [0.1, 0.15) is 5.75 Å². The molecule has 2 N–H and O–H groups in total. The van der Waals surface area contributed by atoms with Gasteiger partial charge in [-0.2, -0.15) is 5.10 Å². The van der Waals surface area contributed by atoms with E-state index >= 15 is 0 Å². The van der Waals surface area contributed by atoms with Gasteiger partial charge in [-0.15, -0.1) is 0 Å². The van der Waals surface area contributed by atoms with Gasteiger partial charge in [0, 0.05) is 29.6 Å². The molecular formula is C25H29N5O4. The highest BCUT2D eigenvalue weighted by molar-refractivity contribution is 6.10. The molecule has 1 aromatic heterocycles. The van der Waals surface area contributed by atoms with Gasteiger partial charge in [0.2, 0.25) is 12.8 Å². The SMILES string of the molecule is CCCn1cc(CN=C(NC(=O)c2ccc3c(c2)OCO3)Nc2ccc(OCC)cc2)c(C)n1. The lowest BCUT2D eigenvalue weighted by atomic mass is 10.2. The second-order valence-electron chi connectivity index (χ2n) is 7.77. The van der Waals surface area contributed by atoms with Crippen molar-refractivity contribution in [3.8, 4) is 17.2 Å². The molecule has 34 heavy (non-hydrogen) atoms. The van der Waals surface area contributed by atoms with Crippen molar-refractivity contribution < 1.29 is 19.0 Å². The first kappa shape index (κ1) is 23.2. The number of aliphatic imine (C=N–C) groups is 1. The molecule has 0 fully saturated rings. The maximum atomic E-state index is 13.0. The van der Waals surface area contributed by atoms with E-state index in [1.54, 1.807) is 18.2 Å². The maximum absolute atomic E-state index is 13.0. The van der Waals surface area contributed by atoms with Gasteiger partial charge < -0.3 is 19.5 Å². The number of ether oxygens (including phenoxy) is 3. The predicted molar refractivity (Wildman–Crippen MR) is 130 cm³/mol. The highest BCUT2D eigenvalue weighted by Gasteiger charge is 2.17. The summed E-state index contributed by atoms with van der Waals surface area (Å²) in [5, 5.41) is 10.6. The van der Waals surface area contributed by atoms with Gasteiger partial charge >= 0.3 is 0 Å². The first-order valence-corrected chi connectivity index (χ1v) is 11.3. The van der Waals surface area contributed by atoms with Gasteiger partial charge in [-0.3, -0.25) is 14.8 Å². The van der Waals surface area contributed by atoms with E-state index in [2.05, 4.69) is 27.6 Å². The molecule has 0 radical (unpaired) electrons. The van der Waals surface area contributed by atoms with Crippen LogP contribution in [0.4, 0.5) is 5.69 Å². The van der Waals surface area contributed by atoms with Gasteiger partial charge in [0.15, 0.2) is 11.5 Å². The van der Waals surface area contributed by atoms with Crippen molar-refractivity contribution in [3.63, 3.8) is 0 Å². The molecule has 1 amide bonds. The number of aryl methyl sites for hydroxylation is 2. The Morgan fingerprint density at radius 2 is 1.94 bits per heavy atom. The van der Waals surface area contributed by atoms with Crippen molar-refractivity contribution >= 4 is 17.6 Å². The molecule has 0 saturated carbocycles. The summed E-state index contributed by atoms with van der Waals surface area (Å²) in [6, 6.07) is 12.5. The quantitative estimate of drug-likeness (QED) is 0.385. The first-order valence-electron chi connectivity index (χ1n) is 11.3. The van der Waals surface area contributed by atoms with Crippen molar-refractivity contribution in [3.05, 3.63) is 65.5 Å². The summed E-state index contributed by atoms with van der Waals surface area (Å²) < 4.78 is 18.2. The van der Waals surface area contributed by atoms with E-state index in [1.807, 2.05) is 49.0 Å². The summed E-state index contributed by atoms with van der Waals surface area (Å²) in [4.78, 5) is 17.6. The van der Waals surface area contributed by atoms with Crippen molar-refractivity contribution in [2.45, 2.75) is 40.3 Å². The first-order chi connectivity index (χ1) is 16.6. The van der Waals surface area contributed by atoms with Crippen LogP contribution >= 0.6 is 0 Å². The number of carbonyl (C=O) groups excluding carboxylic acids is 1. The van der Waals surface area contributed by atoms with E-state index in [-0.39, 0.29) is 12.7 Å². The Balaban J connectivity index is 1.53. The lowest BCUT2D eigenvalue weighted by molar-refractivity contribution is 0.0976. The summed E-state index contributed by atoms with van der Waals surface area (Å²) in [7, 11) is 0. The highest BCUT2D eigenvalue weighted by Crippen LogP contribution is 2.32. The fourth-order valence-electron chi connectivity index (χ4n) is 3.49. The summed E-state index contributed by atoms with van der Waals surface area (Å²) in [5.41, 5.74) is 3.13. The average molecular weight is 464 g/mol. The molecule has 0 aliphatic carbocycles. The van der Waals surface area contributed by atoms with Crippen LogP contribution in [0.3, 0.4) is 0 Å². The molecule has 1 aliphatic heterocycles. The number of hydrogen-bond acceptors (Lipinski definition) is 6. The zero-order valence-electron chi connectivity index (χ0n) is 19.6. The van der Waals surface area contributed by atoms with E-state index in [4.69, 9.17) is 14.2 Å². The zero-order chi connectivity index (χ0) is 23.9. The van der Waals surface area contributed by atoms with Crippen LogP contribution in [0.15, 0.2) is 53.7 Å². The highest BCUT2D eigenvalue weighted by atomic mass is 16.7. The van der Waals surface area contributed by atoms with Gasteiger partial charge in [0.05, 0.1) is 18.8 Å². The summed E-state index contributed by atoms with van der Waals surface area (Å²) in [6.45, 7) is 7.97. The maximum Gasteiger partial charge on any atom is 0.258 e. The Kier molecular flexibility index (Phi) is 7.31. The second kappa shape index (κ2) is 10.7. The van der Waals surface area contributed by atoms with Gasteiger partial charge in [0.25, 0.3) is 5.91 Å². The predicted octanol–water partition coefficient (Wildman–Crippen LogP) is 4.13. The van der Waals surface area contributed by atoms with E-state index in [0.717, 1.165) is 35.7 Å². The van der Waals surface area contributed by atoms with E-state index in [9.17, 15) is 4.79 Å². The topological polar surface area (TPSA) is 99.0 Å². The smallest absolute Gasteiger partial charge is 0.258 e. The number of nitrogens with one attached hydrogen (secondary N) is 2. The number of aromatic nitrogens is 2. The van der Waals surface area contributed by atoms with E-state index in [0.29, 0.717) is 36.2 Å². The molecule has 0 saturated heterocycles. The van der Waals surface area contributed by atoms with Crippen LogP contribution < -0.4 is 24.8 Å². The number of nitrogens with zero attached hydrogens (tertiary/aromatic N) is 3. The van der Waals surface area contributed by atoms with Crippen molar-refractivity contribution in [2.24, 2.45) is 4.99 Å². The number of fused-ring (bicyclic) bond motifs is 1.